The van der Waals surface area contributed by atoms with Gasteiger partial charge in [0.15, 0.2) is 18.9 Å². The van der Waals surface area contributed by atoms with Gasteiger partial charge in [-0.05, 0) is 24.1 Å². The maximum absolute atomic E-state index is 13.0. The normalized spacial score (nSPS) is 16.4. The number of ether oxygens (including phenoxy) is 1. The molecule has 3 aromatic rings. The fourth-order valence-corrected chi connectivity index (χ4v) is 4.38. The van der Waals surface area contributed by atoms with E-state index >= 15 is 0 Å². The van der Waals surface area contributed by atoms with E-state index in [-0.39, 0.29) is 24.8 Å². The zero-order chi connectivity index (χ0) is 26.4. The van der Waals surface area contributed by atoms with Crippen LogP contribution in [0.15, 0.2) is 67.0 Å². The van der Waals surface area contributed by atoms with Gasteiger partial charge in [0.05, 0.1) is 6.54 Å². The Kier molecular flexibility index (Phi) is 7.77. The van der Waals surface area contributed by atoms with Crippen molar-refractivity contribution in [2.75, 3.05) is 5.73 Å². The number of nitrogens with two attached hydrogens (primary N) is 1. The highest BCUT2D eigenvalue weighted by Gasteiger charge is 2.40. The maximum Gasteiger partial charge on any atom is 0.255 e. The van der Waals surface area contributed by atoms with E-state index in [9.17, 15) is 14.4 Å². The van der Waals surface area contributed by atoms with Crippen molar-refractivity contribution in [1.29, 1.82) is 0 Å². The summed E-state index contributed by atoms with van der Waals surface area (Å²) in [5, 5.41) is 10.6. The summed E-state index contributed by atoms with van der Waals surface area (Å²) < 4.78 is 8.14. The molecular formula is C27H26N4O6. The molecule has 37 heavy (non-hydrogen) atoms. The first kappa shape index (κ1) is 25.4. The van der Waals surface area contributed by atoms with Gasteiger partial charge in [-0.15, -0.1) is 0 Å². The lowest BCUT2D eigenvalue weighted by molar-refractivity contribution is -0.688. The zero-order valence-electron chi connectivity index (χ0n) is 20.0. The van der Waals surface area contributed by atoms with Crippen molar-refractivity contribution in [1.82, 2.24) is 10.2 Å². The van der Waals surface area contributed by atoms with Crippen molar-refractivity contribution in [2.24, 2.45) is 0 Å². The lowest BCUT2D eigenvalue weighted by Crippen LogP contribution is -2.52. The third kappa shape index (κ3) is 5.92. The molecule has 0 radical (unpaired) electrons. The smallest absolute Gasteiger partial charge is 0.255 e. The number of aromatic nitrogens is 1. The predicted octanol–water partition coefficient (Wildman–Crippen LogP) is 0.311. The minimum Gasteiger partial charge on any atom is -0.554 e. The number of benzene rings is 2. The standard InChI is InChI=1S/C26H24N4O4.CH2O2/c27-19-10-12-29(13-11-19)14-17-4-6-18(7-5-17)16-34-23-3-1-2-20-21(23)15-30(26(20)33)22-8-9-24(31)28-25(22)32;2-1-3/h1-7,10-13,22,27H,8-9,14-16H2,(H,28,31,32);1H,(H,2,3). The topological polar surface area (TPSA) is 146 Å². The Labute approximate surface area is 213 Å². The Balaban J connectivity index is 0.00000102. The molecule has 0 saturated carbocycles. The van der Waals surface area contributed by atoms with Crippen LogP contribution in [0.3, 0.4) is 0 Å². The minimum atomic E-state index is -0.642. The van der Waals surface area contributed by atoms with Gasteiger partial charge in [-0.3, -0.25) is 19.7 Å². The van der Waals surface area contributed by atoms with Crippen LogP contribution in [0.2, 0.25) is 0 Å². The Bertz CT molecular complexity index is 1310. The first-order chi connectivity index (χ1) is 17.9. The third-order valence-electron chi connectivity index (χ3n) is 6.24. The summed E-state index contributed by atoms with van der Waals surface area (Å²) in [4.78, 5) is 46.5. The van der Waals surface area contributed by atoms with Crippen molar-refractivity contribution < 1.29 is 33.6 Å². The molecule has 1 aromatic heterocycles. The molecule has 3 N–H and O–H groups in total. The average molecular weight is 503 g/mol. The fraction of sp³-hybridized carbons (Fsp3) is 0.222. The number of carbonyl (C=O) groups is 4. The number of hydrogen-bond donors (Lipinski definition) is 2. The molecule has 1 fully saturated rings. The Hall–Kier alpha value is -4.73. The average Bonchev–Trinajstić information content (AvgIpc) is 3.22. The van der Waals surface area contributed by atoms with E-state index in [0.29, 0.717) is 24.3 Å². The second-order valence-electron chi connectivity index (χ2n) is 8.69. The molecule has 1 saturated heterocycles. The second-order valence-corrected chi connectivity index (χ2v) is 8.69. The summed E-state index contributed by atoms with van der Waals surface area (Å²) in [6.45, 7) is 0.888. The van der Waals surface area contributed by atoms with Crippen molar-refractivity contribution >= 4 is 29.9 Å². The number of nitrogens with zero attached hydrogens (tertiary/aromatic N) is 2. The largest absolute Gasteiger partial charge is 0.554 e. The van der Waals surface area contributed by atoms with Crippen LogP contribution in [0.1, 0.15) is 39.9 Å². The van der Waals surface area contributed by atoms with Gasteiger partial charge in [0.25, 0.3) is 5.91 Å². The van der Waals surface area contributed by atoms with E-state index in [0.717, 1.165) is 28.9 Å². The molecule has 0 aliphatic carbocycles. The van der Waals surface area contributed by atoms with Gasteiger partial charge in [-0.25, -0.2) is 4.57 Å². The molecule has 5 rings (SSSR count). The molecule has 2 aliphatic heterocycles. The summed E-state index contributed by atoms with van der Waals surface area (Å²) in [6, 6.07) is 16.6. The molecule has 2 aliphatic rings. The van der Waals surface area contributed by atoms with Crippen molar-refractivity contribution in [3.63, 3.8) is 0 Å². The van der Waals surface area contributed by atoms with Crippen LogP contribution in [0, 0.1) is 0 Å². The number of hydrogen-bond acceptors (Lipinski definition) is 7. The van der Waals surface area contributed by atoms with E-state index < -0.39 is 18.4 Å². The number of carboxylic acid groups (broad SMARTS) is 1. The number of anilines is 1. The molecule has 3 amide bonds. The van der Waals surface area contributed by atoms with Crippen LogP contribution in [-0.2, 0) is 34.1 Å². The zero-order valence-corrected chi connectivity index (χ0v) is 20.0. The van der Waals surface area contributed by atoms with Crippen LogP contribution in [0.5, 0.6) is 5.75 Å². The molecule has 10 heteroatoms. The summed E-state index contributed by atoms with van der Waals surface area (Å²) in [6.07, 6.45) is 4.46. The van der Waals surface area contributed by atoms with Crippen LogP contribution in [0.25, 0.3) is 0 Å². The van der Waals surface area contributed by atoms with Gasteiger partial charge >= 0.3 is 0 Å². The van der Waals surface area contributed by atoms with Crippen LogP contribution in [-0.4, -0.2) is 35.1 Å². The lowest BCUT2D eigenvalue weighted by atomic mass is 10.0. The van der Waals surface area contributed by atoms with Crippen molar-refractivity contribution in [3.8, 4) is 5.75 Å². The van der Waals surface area contributed by atoms with Gasteiger partial charge in [-0.1, -0.05) is 30.3 Å². The first-order valence-electron chi connectivity index (χ1n) is 11.7. The summed E-state index contributed by atoms with van der Waals surface area (Å²) in [7, 11) is 0. The molecule has 1 atom stereocenters. The number of pyridine rings is 1. The minimum absolute atomic E-state index is 0.209. The number of fused-ring (bicyclic) bond motifs is 1. The van der Waals surface area contributed by atoms with Crippen LogP contribution < -0.4 is 25.5 Å². The van der Waals surface area contributed by atoms with E-state index in [1.807, 2.05) is 42.7 Å². The SMILES string of the molecule is Nc1cc[n+](Cc2ccc(COc3cccc4c3CN(C3CCC(=O)NC3=O)C4=O)cc2)cc1.O=C[O-]. The molecule has 190 valence electrons. The fourth-order valence-electron chi connectivity index (χ4n) is 4.38. The van der Waals surface area contributed by atoms with Crippen molar-refractivity contribution in [3.05, 3.63) is 89.2 Å². The van der Waals surface area contributed by atoms with Crippen LogP contribution in [0.4, 0.5) is 5.69 Å². The van der Waals surface area contributed by atoms with E-state index in [1.54, 1.807) is 12.1 Å². The molecule has 2 aromatic carbocycles. The number of amides is 3. The summed E-state index contributed by atoms with van der Waals surface area (Å²) >= 11 is 0. The second kappa shape index (κ2) is 11.3. The van der Waals surface area contributed by atoms with Gasteiger partial charge in [-0.2, -0.15) is 0 Å². The van der Waals surface area contributed by atoms with Crippen LogP contribution >= 0.6 is 0 Å². The maximum atomic E-state index is 13.0. The highest BCUT2D eigenvalue weighted by atomic mass is 16.5. The van der Waals surface area contributed by atoms with E-state index in [2.05, 4.69) is 22.0 Å². The third-order valence-corrected chi connectivity index (χ3v) is 6.24. The molecule has 3 heterocycles. The summed E-state index contributed by atoms with van der Waals surface area (Å²) in [5.74, 6) is -0.300. The first-order valence-corrected chi connectivity index (χ1v) is 11.7. The number of nitrogens with one attached hydrogen (secondary N) is 1. The molecule has 10 nitrogen and oxygen atoms in total. The highest BCUT2D eigenvalue weighted by Crippen LogP contribution is 2.33. The molecule has 1 unspecified atom stereocenters. The Morgan fingerprint density at radius 3 is 2.41 bits per heavy atom. The number of nitrogen functional groups attached to an aromatic ring is 1. The van der Waals surface area contributed by atoms with Gasteiger partial charge < -0.3 is 25.3 Å². The number of rotatable bonds is 6. The lowest BCUT2D eigenvalue weighted by Gasteiger charge is -2.29. The molecule has 0 spiro atoms. The van der Waals surface area contributed by atoms with E-state index in [1.165, 1.54) is 4.90 Å². The number of carbonyl (C=O) groups excluding carboxylic acids is 4. The molecule has 0 bridgehead atoms. The summed E-state index contributed by atoms with van der Waals surface area (Å²) in [5.41, 5.74) is 9.95. The van der Waals surface area contributed by atoms with Gasteiger partial charge in [0.1, 0.15) is 18.4 Å². The quantitative estimate of drug-likeness (QED) is 0.280. The van der Waals surface area contributed by atoms with Crippen molar-refractivity contribution in [2.45, 2.75) is 38.6 Å². The number of piperidine rings is 1. The predicted molar refractivity (Wildman–Crippen MR) is 129 cm³/mol. The Morgan fingerprint density at radius 2 is 1.73 bits per heavy atom. The van der Waals surface area contributed by atoms with E-state index in [4.69, 9.17) is 20.4 Å². The van der Waals surface area contributed by atoms with Gasteiger partial charge in [0, 0.05) is 47.4 Å². The Morgan fingerprint density at radius 1 is 1.05 bits per heavy atom. The molecular weight excluding hydrogens is 476 g/mol. The number of imide groups is 1. The monoisotopic (exact) mass is 502 g/mol. The van der Waals surface area contributed by atoms with Gasteiger partial charge in [0.2, 0.25) is 11.8 Å². The highest BCUT2D eigenvalue weighted by molar-refractivity contribution is 6.05.